The Balaban J connectivity index is 2.05. The minimum atomic E-state index is -0.703. The average Bonchev–Trinajstić information content (AvgIpc) is 2.61. The molecule has 0 saturated heterocycles. The molecule has 0 bridgehead atoms. The quantitative estimate of drug-likeness (QED) is 0.736. The minimum absolute atomic E-state index is 0.280. The molecule has 0 saturated carbocycles. The molecule has 0 aromatic heterocycles. The number of ether oxygens (including phenoxy) is 3. The molecule has 0 radical (unpaired) electrons. The lowest BCUT2D eigenvalue weighted by molar-refractivity contribution is -0.122. The summed E-state index contributed by atoms with van der Waals surface area (Å²) in [6.45, 7) is 7.76. The van der Waals surface area contributed by atoms with E-state index in [-0.39, 0.29) is 5.91 Å². The van der Waals surface area contributed by atoms with Gasteiger partial charge in [0.05, 0.1) is 12.8 Å². The van der Waals surface area contributed by atoms with Crippen molar-refractivity contribution in [2.45, 2.75) is 20.0 Å². The van der Waals surface area contributed by atoms with Crippen molar-refractivity contribution < 1.29 is 19.0 Å². The van der Waals surface area contributed by atoms with Gasteiger partial charge < -0.3 is 19.5 Å². The van der Waals surface area contributed by atoms with Gasteiger partial charge in [0.1, 0.15) is 12.4 Å². The number of hydrogen-bond donors (Lipinski definition) is 1. The molecule has 0 fully saturated rings. The average molecular weight is 341 g/mol. The maximum atomic E-state index is 12.5. The number of nitrogens with one attached hydrogen (secondary N) is 1. The molecule has 1 atom stereocenters. The fourth-order valence-electron chi connectivity index (χ4n) is 2.09. The molecule has 5 heteroatoms. The first kappa shape index (κ1) is 18.4. The lowest BCUT2D eigenvalue weighted by Crippen LogP contribution is -2.30. The number of carbonyl (C=O) groups is 1. The summed E-state index contributed by atoms with van der Waals surface area (Å²) in [6.07, 6.45) is -0.703. The second-order valence-corrected chi connectivity index (χ2v) is 5.64. The van der Waals surface area contributed by atoms with E-state index in [2.05, 4.69) is 11.9 Å². The predicted octanol–water partition coefficient (Wildman–Crippen LogP) is 4.06. The first-order valence-corrected chi connectivity index (χ1v) is 7.98. The highest BCUT2D eigenvalue weighted by Gasteiger charge is 2.18. The van der Waals surface area contributed by atoms with Gasteiger partial charge in [0.25, 0.3) is 5.91 Å². The molecule has 25 heavy (non-hydrogen) atoms. The third-order valence-corrected chi connectivity index (χ3v) is 3.36. The Kier molecular flexibility index (Phi) is 6.46. The van der Waals surface area contributed by atoms with Crippen LogP contribution in [0.2, 0.25) is 0 Å². The second-order valence-electron chi connectivity index (χ2n) is 5.64. The molecular weight excluding hydrogens is 318 g/mol. The van der Waals surface area contributed by atoms with Crippen molar-refractivity contribution in [3.05, 3.63) is 60.7 Å². The van der Waals surface area contributed by atoms with Gasteiger partial charge in [-0.3, -0.25) is 4.79 Å². The topological polar surface area (TPSA) is 56.8 Å². The molecule has 2 aromatic carbocycles. The smallest absolute Gasteiger partial charge is 0.265 e. The minimum Gasteiger partial charge on any atom is -0.493 e. The summed E-state index contributed by atoms with van der Waals surface area (Å²) in [5.74, 6) is 1.40. The predicted molar refractivity (Wildman–Crippen MR) is 98.5 cm³/mol. The SMILES string of the molecule is C=C(C)COc1ccccc1NC(=O)[C@@H](C)Oc1ccccc1OC. The van der Waals surface area contributed by atoms with Gasteiger partial charge in [-0.25, -0.2) is 0 Å². The van der Waals surface area contributed by atoms with E-state index in [1.807, 2.05) is 31.2 Å². The largest absolute Gasteiger partial charge is 0.493 e. The lowest BCUT2D eigenvalue weighted by Gasteiger charge is -2.18. The van der Waals surface area contributed by atoms with Crippen molar-refractivity contribution in [3.8, 4) is 17.2 Å². The van der Waals surface area contributed by atoms with E-state index in [1.165, 1.54) is 0 Å². The summed E-state index contributed by atoms with van der Waals surface area (Å²) in [5.41, 5.74) is 1.48. The molecule has 132 valence electrons. The van der Waals surface area contributed by atoms with Crippen LogP contribution in [0.1, 0.15) is 13.8 Å². The molecular formula is C20H23NO4. The molecule has 2 rings (SSSR count). The van der Waals surface area contributed by atoms with Gasteiger partial charge in [-0.15, -0.1) is 0 Å². The first-order chi connectivity index (χ1) is 12.0. The van der Waals surface area contributed by atoms with Crippen LogP contribution in [0.3, 0.4) is 0 Å². The van der Waals surface area contributed by atoms with E-state index in [9.17, 15) is 4.79 Å². The molecule has 0 aliphatic rings. The van der Waals surface area contributed by atoms with Gasteiger partial charge in [0.2, 0.25) is 0 Å². The zero-order valence-corrected chi connectivity index (χ0v) is 14.7. The van der Waals surface area contributed by atoms with Crippen molar-refractivity contribution in [2.75, 3.05) is 19.0 Å². The maximum absolute atomic E-state index is 12.5. The van der Waals surface area contributed by atoms with E-state index in [0.29, 0.717) is 29.5 Å². The van der Waals surface area contributed by atoms with Crippen molar-refractivity contribution in [1.82, 2.24) is 0 Å². The van der Waals surface area contributed by atoms with Gasteiger partial charge in [-0.05, 0) is 43.7 Å². The second kappa shape index (κ2) is 8.78. The van der Waals surface area contributed by atoms with Gasteiger partial charge in [0, 0.05) is 0 Å². The van der Waals surface area contributed by atoms with Crippen molar-refractivity contribution in [2.24, 2.45) is 0 Å². The highest BCUT2D eigenvalue weighted by Crippen LogP contribution is 2.28. The zero-order chi connectivity index (χ0) is 18.2. The van der Waals surface area contributed by atoms with Crippen LogP contribution in [0.15, 0.2) is 60.7 Å². The molecule has 5 nitrogen and oxygen atoms in total. The normalized spacial score (nSPS) is 11.3. The summed E-state index contributed by atoms with van der Waals surface area (Å²) in [4.78, 5) is 12.5. The van der Waals surface area contributed by atoms with E-state index in [1.54, 1.807) is 38.3 Å². The van der Waals surface area contributed by atoms with Crippen LogP contribution in [0, 0.1) is 0 Å². The molecule has 0 spiro atoms. The van der Waals surface area contributed by atoms with Crippen LogP contribution in [0.5, 0.6) is 17.2 Å². The van der Waals surface area contributed by atoms with Crippen LogP contribution in [0.4, 0.5) is 5.69 Å². The van der Waals surface area contributed by atoms with Gasteiger partial charge in [0.15, 0.2) is 17.6 Å². The summed E-state index contributed by atoms with van der Waals surface area (Å²) < 4.78 is 16.6. The lowest BCUT2D eigenvalue weighted by atomic mass is 10.2. The Bertz CT molecular complexity index is 742. The summed E-state index contributed by atoms with van der Waals surface area (Å²) in [6, 6.07) is 14.4. The molecule has 1 N–H and O–H groups in total. The maximum Gasteiger partial charge on any atom is 0.265 e. The standard InChI is InChI=1S/C20H23NO4/c1-14(2)13-24-17-10-6-5-9-16(17)21-20(22)15(3)25-19-12-8-7-11-18(19)23-4/h5-12,15H,1,13H2,2-4H3,(H,21,22)/t15-/m1/s1. The van der Waals surface area contributed by atoms with Crippen LogP contribution in [-0.2, 0) is 4.79 Å². The number of carbonyl (C=O) groups excluding carboxylic acids is 1. The Hall–Kier alpha value is -2.95. The van der Waals surface area contributed by atoms with Crippen LogP contribution in [-0.4, -0.2) is 25.7 Å². The van der Waals surface area contributed by atoms with E-state index in [4.69, 9.17) is 14.2 Å². The van der Waals surface area contributed by atoms with Crippen LogP contribution in [0.25, 0.3) is 0 Å². The van der Waals surface area contributed by atoms with Crippen LogP contribution >= 0.6 is 0 Å². The number of rotatable bonds is 8. The Morgan fingerprint density at radius 3 is 2.32 bits per heavy atom. The summed E-state index contributed by atoms with van der Waals surface area (Å²) in [5, 5.41) is 2.83. The fraction of sp³-hybridized carbons (Fsp3) is 0.250. The molecule has 0 heterocycles. The fourth-order valence-corrected chi connectivity index (χ4v) is 2.09. The van der Waals surface area contributed by atoms with E-state index < -0.39 is 6.10 Å². The van der Waals surface area contributed by atoms with Crippen molar-refractivity contribution in [3.63, 3.8) is 0 Å². The number of amides is 1. The first-order valence-electron chi connectivity index (χ1n) is 7.98. The number of methoxy groups -OCH3 is 1. The summed E-state index contributed by atoms with van der Waals surface area (Å²) in [7, 11) is 1.56. The van der Waals surface area contributed by atoms with E-state index >= 15 is 0 Å². The van der Waals surface area contributed by atoms with Crippen molar-refractivity contribution in [1.29, 1.82) is 0 Å². The monoisotopic (exact) mass is 341 g/mol. The van der Waals surface area contributed by atoms with Gasteiger partial charge in [-0.2, -0.15) is 0 Å². The van der Waals surface area contributed by atoms with Gasteiger partial charge >= 0.3 is 0 Å². The van der Waals surface area contributed by atoms with Gasteiger partial charge in [-0.1, -0.05) is 30.8 Å². The number of para-hydroxylation sites is 4. The Morgan fingerprint density at radius 2 is 1.68 bits per heavy atom. The van der Waals surface area contributed by atoms with Crippen LogP contribution < -0.4 is 19.5 Å². The molecule has 1 amide bonds. The highest BCUT2D eigenvalue weighted by atomic mass is 16.5. The Labute approximate surface area is 148 Å². The number of benzene rings is 2. The Morgan fingerprint density at radius 1 is 1.08 bits per heavy atom. The zero-order valence-electron chi connectivity index (χ0n) is 14.7. The van der Waals surface area contributed by atoms with E-state index in [0.717, 1.165) is 5.57 Å². The summed E-state index contributed by atoms with van der Waals surface area (Å²) >= 11 is 0. The number of hydrogen-bond acceptors (Lipinski definition) is 4. The molecule has 0 unspecified atom stereocenters. The van der Waals surface area contributed by atoms with Crippen molar-refractivity contribution >= 4 is 11.6 Å². The third-order valence-electron chi connectivity index (χ3n) is 3.36. The highest BCUT2D eigenvalue weighted by molar-refractivity contribution is 5.95. The number of anilines is 1. The molecule has 0 aliphatic heterocycles. The third kappa shape index (κ3) is 5.28. The molecule has 0 aliphatic carbocycles. The molecule has 2 aromatic rings.